The van der Waals surface area contributed by atoms with Crippen LogP contribution in [0, 0.1) is 3.57 Å². The summed E-state index contributed by atoms with van der Waals surface area (Å²) in [4.78, 5) is 8.60. The molecule has 2 N–H and O–H groups in total. The second-order valence-electron chi connectivity index (χ2n) is 3.17. The first-order valence-electron chi connectivity index (χ1n) is 5.06. The summed E-state index contributed by atoms with van der Waals surface area (Å²) in [6.45, 7) is 3.72. The number of aromatic nitrogens is 2. The van der Waals surface area contributed by atoms with E-state index in [-0.39, 0.29) is 0 Å². The number of ether oxygens (including phenoxy) is 2. The van der Waals surface area contributed by atoms with E-state index in [2.05, 4.69) is 32.6 Å². The summed E-state index contributed by atoms with van der Waals surface area (Å²) in [5, 5.41) is 0. The Morgan fingerprint density at radius 2 is 2.12 bits per heavy atom. The van der Waals surface area contributed by atoms with Gasteiger partial charge in [0.25, 0.3) is 0 Å². The molecule has 1 rings (SSSR count). The highest BCUT2D eigenvalue weighted by atomic mass is 127. The molecule has 0 saturated carbocycles. The quantitative estimate of drug-likeness (QED) is 0.628. The molecule has 0 amide bonds. The van der Waals surface area contributed by atoms with Crippen LogP contribution in [0.4, 0.5) is 5.82 Å². The van der Waals surface area contributed by atoms with Gasteiger partial charge in [-0.3, -0.25) is 0 Å². The van der Waals surface area contributed by atoms with E-state index in [0.29, 0.717) is 37.9 Å². The molecule has 90 valence electrons. The zero-order chi connectivity index (χ0) is 12.0. The summed E-state index contributed by atoms with van der Waals surface area (Å²) >= 11 is 2.13. The highest BCUT2D eigenvalue weighted by Crippen LogP contribution is 2.17. The standard InChI is InChI=1S/C10H16IN3O2/c1-3-16-5-4-8-13-7(6-15-2)9(11)10(12)14-8/h3-6H2,1-2H3,(H2,12,13,14). The third-order valence-corrected chi connectivity index (χ3v) is 3.12. The van der Waals surface area contributed by atoms with Gasteiger partial charge in [-0.05, 0) is 29.5 Å². The van der Waals surface area contributed by atoms with Crippen LogP contribution in [-0.2, 0) is 22.5 Å². The number of hydrogen-bond acceptors (Lipinski definition) is 5. The first-order valence-corrected chi connectivity index (χ1v) is 6.14. The largest absolute Gasteiger partial charge is 0.383 e. The van der Waals surface area contributed by atoms with Crippen LogP contribution in [0.5, 0.6) is 0 Å². The molecule has 1 aromatic heterocycles. The maximum Gasteiger partial charge on any atom is 0.140 e. The van der Waals surface area contributed by atoms with Crippen molar-refractivity contribution in [2.45, 2.75) is 20.0 Å². The number of anilines is 1. The van der Waals surface area contributed by atoms with Crippen molar-refractivity contribution in [3.8, 4) is 0 Å². The second kappa shape index (κ2) is 6.97. The van der Waals surface area contributed by atoms with Gasteiger partial charge in [-0.1, -0.05) is 0 Å². The molecule has 0 fully saturated rings. The van der Waals surface area contributed by atoms with Crippen molar-refractivity contribution < 1.29 is 9.47 Å². The molecule has 0 radical (unpaired) electrons. The Bertz CT molecular complexity index is 347. The highest BCUT2D eigenvalue weighted by Gasteiger charge is 2.09. The van der Waals surface area contributed by atoms with Crippen LogP contribution in [0.2, 0.25) is 0 Å². The normalized spacial score (nSPS) is 10.7. The number of nitrogens with two attached hydrogens (primary N) is 1. The molecule has 0 unspecified atom stereocenters. The lowest BCUT2D eigenvalue weighted by atomic mass is 10.3. The molecule has 0 bridgehead atoms. The van der Waals surface area contributed by atoms with Crippen molar-refractivity contribution in [2.75, 3.05) is 26.1 Å². The molecule has 1 heterocycles. The van der Waals surface area contributed by atoms with Gasteiger partial charge in [-0.25, -0.2) is 9.97 Å². The van der Waals surface area contributed by atoms with Gasteiger partial charge >= 0.3 is 0 Å². The molecule has 5 nitrogen and oxygen atoms in total. The lowest BCUT2D eigenvalue weighted by Gasteiger charge is -2.08. The first-order chi connectivity index (χ1) is 7.69. The van der Waals surface area contributed by atoms with E-state index in [9.17, 15) is 0 Å². The van der Waals surface area contributed by atoms with E-state index in [1.54, 1.807) is 7.11 Å². The molecule has 0 spiro atoms. The third-order valence-electron chi connectivity index (χ3n) is 1.95. The topological polar surface area (TPSA) is 70.3 Å². The Morgan fingerprint density at radius 3 is 2.75 bits per heavy atom. The number of nitrogen functional groups attached to an aromatic ring is 1. The number of methoxy groups -OCH3 is 1. The number of halogens is 1. The predicted molar refractivity (Wildman–Crippen MR) is 70.1 cm³/mol. The summed E-state index contributed by atoms with van der Waals surface area (Å²) in [6, 6.07) is 0. The zero-order valence-corrected chi connectivity index (χ0v) is 11.7. The van der Waals surface area contributed by atoms with Gasteiger partial charge in [-0.15, -0.1) is 0 Å². The van der Waals surface area contributed by atoms with Gasteiger partial charge in [0, 0.05) is 20.1 Å². The summed E-state index contributed by atoms with van der Waals surface area (Å²) in [7, 11) is 1.63. The van der Waals surface area contributed by atoms with Gasteiger partial charge in [0.1, 0.15) is 11.6 Å². The SMILES string of the molecule is CCOCCc1nc(N)c(I)c(COC)n1. The summed E-state index contributed by atoms with van der Waals surface area (Å²) in [5.74, 6) is 1.22. The fourth-order valence-electron chi connectivity index (χ4n) is 1.22. The average molecular weight is 337 g/mol. The molecule has 6 heteroatoms. The molecular weight excluding hydrogens is 321 g/mol. The Hall–Kier alpha value is -0.470. The number of nitrogens with zero attached hydrogens (tertiary/aromatic N) is 2. The van der Waals surface area contributed by atoms with Crippen LogP contribution >= 0.6 is 22.6 Å². The molecule has 0 aromatic carbocycles. The monoisotopic (exact) mass is 337 g/mol. The van der Waals surface area contributed by atoms with Crippen molar-refractivity contribution in [3.63, 3.8) is 0 Å². The smallest absolute Gasteiger partial charge is 0.140 e. The lowest BCUT2D eigenvalue weighted by Crippen LogP contribution is -2.10. The molecular formula is C10H16IN3O2. The van der Waals surface area contributed by atoms with E-state index >= 15 is 0 Å². The van der Waals surface area contributed by atoms with Gasteiger partial charge in [0.2, 0.25) is 0 Å². The highest BCUT2D eigenvalue weighted by molar-refractivity contribution is 14.1. The van der Waals surface area contributed by atoms with Crippen molar-refractivity contribution in [1.82, 2.24) is 9.97 Å². The maximum atomic E-state index is 5.80. The molecule has 0 aliphatic carbocycles. The van der Waals surface area contributed by atoms with Gasteiger partial charge in [-0.2, -0.15) is 0 Å². The molecule has 0 aliphatic rings. The fraction of sp³-hybridized carbons (Fsp3) is 0.600. The van der Waals surface area contributed by atoms with Crippen molar-refractivity contribution in [3.05, 3.63) is 15.1 Å². The Kier molecular flexibility index (Phi) is 5.93. The predicted octanol–water partition coefficient (Wildman–Crippen LogP) is 1.39. The first kappa shape index (κ1) is 13.6. The number of rotatable bonds is 6. The summed E-state index contributed by atoms with van der Waals surface area (Å²) < 4.78 is 11.2. The number of hydrogen-bond donors (Lipinski definition) is 1. The minimum absolute atomic E-state index is 0.451. The third kappa shape index (κ3) is 3.84. The van der Waals surface area contributed by atoms with Gasteiger partial charge in [0.05, 0.1) is 22.5 Å². The van der Waals surface area contributed by atoms with Crippen LogP contribution < -0.4 is 5.73 Å². The molecule has 0 saturated heterocycles. The average Bonchev–Trinajstić information content (AvgIpc) is 2.26. The van der Waals surface area contributed by atoms with Crippen molar-refractivity contribution in [1.29, 1.82) is 0 Å². The minimum Gasteiger partial charge on any atom is -0.383 e. The van der Waals surface area contributed by atoms with Crippen LogP contribution in [0.1, 0.15) is 18.4 Å². The van der Waals surface area contributed by atoms with E-state index in [4.69, 9.17) is 15.2 Å². The van der Waals surface area contributed by atoms with Crippen molar-refractivity contribution >= 4 is 28.4 Å². The Balaban J connectivity index is 2.77. The van der Waals surface area contributed by atoms with E-state index in [0.717, 1.165) is 9.26 Å². The molecule has 1 aromatic rings. The van der Waals surface area contributed by atoms with Crippen LogP contribution in [0.15, 0.2) is 0 Å². The van der Waals surface area contributed by atoms with Gasteiger partial charge in [0.15, 0.2) is 0 Å². The van der Waals surface area contributed by atoms with E-state index < -0.39 is 0 Å². The fourth-order valence-corrected chi connectivity index (χ4v) is 1.61. The van der Waals surface area contributed by atoms with Crippen LogP contribution in [0.3, 0.4) is 0 Å². The Labute approximate surface area is 109 Å². The molecule has 16 heavy (non-hydrogen) atoms. The second-order valence-corrected chi connectivity index (χ2v) is 4.24. The summed E-state index contributed by atoms with van der Waals surface area (Å²) in [5.41, 5.74) is 6.64. The minimum atomic E-state index is 0.451. The molecule has 0 aliphatic heterocycles. The molecule has 0 atom stereocenters. The van der Waals surface area contributed by atoms with E-state index in [1.165, 1.54) is 0 Å². The summed E-state index contributed by atoms with van der Waals surface area (Å²) in [6.07, 6.45) is 0.672. The Morgan fingerprint density at radius 1 is 1.38 bits per heavy atom. The zero-order valence-electron chi connectivity index (χ0n) is 9.49. The van der Waals surface area contributed by atoms with Gasteiger partial charge < -0.3 is 15.2 Å². The maximum absolute atomic E-state index is 5.80. The van der Waals surface area contributed by atoms with E-state index in [1.807, 2.05) is 6.92 Å². The van der Waals surface area contributed by atoms with Crippen LogP contribution in [-0.4, -0.2) is 30.3 Å². The van der Waals surface area contributed by atoms with Crippen molar-refractivity contribution in [2.24, 2.45) is 0 Å². The van der Waals surface area contributed by atoms with Crippen LogP contribution in [0.25, 0.3) is 0 Å². The lowest BCUT2D eigenvalue weighted by molar-refractivity contribution is 0.149.